The first-order valence-corrected chi connectivity index (χ1v) is 6.55. The van der Waals surface area contributed by atoms with E-state index in [0.717, 1.165) is 12.1 Å². The van der Waals surface area contributed by atoms with Crippen molar-refractivity contribution in [2.24, 2.45) is 5.10 Å². The number of benzene rings is 1. The predicted octanol–water partition coefficient (Wildman–Crippen LogP) is 2.46. The van der Waals surface area contributed by atoms with Crippen LogP contribution in [0.3, 0.4) is 0 Å². The summed E-state index contributed by atoms with van der Waals surface area (Å²) in [7, 11) is 0. The topological polar surface area (TPSA) is 96.0 Å². The van der Waals surface area contributed by atoms with Crippen LogP contribution in [-0.2, 0) is 0 Å². The van der Waals surface area contributed by atoms with E-state index in [-0.39, 0.29) is 17.1 Å². The van der Waals surface area contributed by atoms with E-state index in [1.165, 1.54) is 19.1 Å². The zero-order valence-corrected chi connectivity index (χ0v) is 11.9. The molecule has 1 heterocycles. The van der Waals surface area contributed by atoms with Gasteiger partial charge in [0.05, 0.1) is 4.92 Å². The number of hydrazone groups is 1. The van der Waals surface area contributed by atoms with Gasteiger partial charge in [0.15, 0.2) is 0 Å². The Labute approximate surface area is 128 Å². The van der Waals surface area contributed by atoms with Gasteiger partial charge in [-0.15, -0.1) is 0 Å². The first-order valence-electron chi connectivity index (χ1n) is 6.55. The molecule has 1 atom stereocenters. The van der Waals surface area contributed by atoms with Crippen LogP contribution in [0.1, 0.15) is 30.1 Å². The maximum Gasteiger partial charge on any atom is 0.438 e. The number of carbonyl (C=O) groups is 1. The van der Waals surface area contributed by atoms with Gasteiger partial charge in [0.25, 0.3) is 17.3 Å². The Bertz CT molecular complexity index is 689. The van der Waals surface area contributed by atoms with E-state index >= 15 is 0 Å². The number of hydrogen-bond acceptors (Lipinski definition) is 5. The fraction of sp³-hybridized carbons (Fsp3) is 0.385. The molecule has 0 spiro atoms. The number of nitrogens with zero attached hydrogens (tertiary/aromatic N) is 3. The summed E-state index contributed by atoms with van der Waals surface area (Å²) in [5.41, 5.74) is -4.79. The minimum Gasteiger partial charge on any atom is -0.362 e. The number of hydrogen-bond donors (Lipinski definition) is 1. The highest BCUT2D eigenvalue weighted by atomic mass is 19.4. The second-order valence-corrected chi connectivity index (χ2v) is 4.90. The number of amides is 1. The van der Waals surface area contributed by atoms with Crippen LogP contribution in [-0.4, -0.2) is 38.6 Å². The minimum absolute atomic E-state index is 0.0308. The van der Waals surface area contributed by atoms with Gasteiger partial charge in [0.2, 0.25) is 0 Å². The lowest BCUT2D eigenvalue weighted by Gasteiger charge is -2.32. The van der Waals surface area contributed by atoms with Crippen LogP contribution in [0.15, 0.2) is 29.4 Å². The molecule has 2 rings (SSSR count). The SMILES string of the molecule is CCC1=NN(C(=O)c2ccccc2[N+](=O)[O-])[C@@](O)(C(F)(F)F)C1. The van der Waals surface area contributed by atoms with E-state index in [4.69, 9.17) is 0 Å². The number of alkyl halides is 3. The van der Waals surface area contributed by atoms with Crippen molar-refractivity contribution in [2.75, 3.05) is 0 Å². The number of carbonyl (C=O) groups excluding carboxylic acids is 1. The summed E-state index contributed by atoms with van der Waals surface area (Å²) in [6, 6.07) is 4.54. The standard InChI is InChI=1S/C13H12F3N3O4/c1-2-8-7-12(21,13(14,15)16)18(17-8)11(20)9-5-3-4-6-10(9)19(22)23/h3-6,21H,2,7H2,1H3/t12-/m0/s1. The highest BCUT2D eigenvalue weighted by Crippen LogP contribution is 2.41. The van der Waals surface area contributed by atoms with Crippen LogP contribution in [0.2, 0.25) is 0 Å². The van der Waals surface area contributed by atoms with Crippen LogP contribution in [0.4, 0.5) is 18.9 Å². The highest BCUT2D eigenvalue weighted by Gasteiger charge is 2.63. The second-order valence-electron chi connectivity index (χ2n) is 4.90. The quantitative estimate of drug-likeness (QED) is 0.680. The Morgan fingerprint density at radius 3 is 2.61 bits per heavy atom. The summed E-state index contributed by atoms with van der Waals surface area (Å²) in [4.78, 5) is 22.4. The number of rotatable bonds is 3. The fourth-order valence-corrected chi connectivity index (χ4v) is 2.18. The van der Waals surface area contributed by atoms with Crippen LogP contribution in [0.25, 0.3) is 0 Å². The third-order valence-electron chi connectivity index (χ3n) is 3.43. The molecule has 7 nitrogen and oxygen atoms in total. The predicted molar refractivity (Wildman–Crippen MR) is 72.6 cm³/mol. The lowest BCUT2D eigenvalue weighted by atomic mass is 10.0. The molecule has 0 bridgehead atoms. The van der Waals surface area contributed by atoms with Crippen molar-refractivity contribution in [3.8, 4) is 0 Å². The number of aliphatic hydroxyl groups is 1. The Kier molecular flexibility index (Phi) is 4.12. The van der Waals surface area contributed by atoms with E-state index in [1.54, 1.807) is 0 Å². The largest absolute Gasteiger partial charge is 0.438 e. The summed E-state index contributed by atoms with van der Waals surface area (Å²) in [5.74, 6) is -1.39. The molecule has 0 unspecified atom stereocenters. The van der Waals surface area contributed by atoms with Crippen molar-refractivity contribution >= 4 is 17.3 Å². The van der Waals surface area contributed by atoms with Crippen molar-refractivity contribution in [3.63, 3.8) is 0 Å². The van der Waals surface area contributed by atoms with Gasteiger partial charge in [0, 0.05) is 18.2 Å². The Morgan fingerprint density at radius 2 is 2.09 bits per heavy atom. The average Bonchev–Trinajstić information content (AvgIpc) is 2.84. The van der Waals surface area contributed by atoms with Crippen molar-refractivity contribution < 1.29 is 28.0 Å². The summed E-state index contributed by atoms with van der Waals surface area (Å²) < 4.78 is 39.6. The molecule has 0 aromatic heterocycles. The van der Waals surface area contributed by atoms with Gasteiger partial charge in [-0.3, -0.25) is 14.9 Å². The second kappa shape index (κ2) is 5.61. The van der Waals surface area contributed by atoms with Gasteiger partial charge >= 0.3 is 6.18 Å². The van der Waals surface area contributed by atoms with E-state index in [0.29, 0.717) is 0 Å². The van der Waals surface area contributed by atoms with E-state index in [2.05, 4.69) is 5.10 Å². The van der Waals surface area contributed by atoms with E-state index in [1.807, 2.05) is 0 Å². The average molecular weight is 331 g/mol. The lowest BCUT2D eigenvalue weighted by Crippen LogP contribution is -2.56. The van der Waals surface area contributed by atoms with Crippen molar-refractivity contribution in [1.82, 2.24) is 5.01 Å². The minimum atomic E-state index is -5.16. The molecule has 1 amide bonds. The Hall–Kier alpha value is -2.49. The summed E-state index contributed by atoms with van der Waals surface area (Å²) in [6.07, 6.45) is -5.95. The number of nitro groups is 1. The zero-order valence-electron chi connectivity index (χ0n) is 11.9. The monoisotopic (exact) mass is 331 g/mol. The van der Waals surface area contributed by atoms with Crippen LogP contribution < -0.4 is 0 Å². The smallest absolute Gasteiger partial charge is 0.362 e. The summed E-state index contributed by atoms with van der Waals surface area (Å²) in [6.45, 7) is 1.52. The Morgan fingerprint density at radius 1 is 1.48 bits per heavy atom. The van der Waals surface area contributed by atoms with Gasteiger partial charge in [-0.05, 0) is 12.5 Å². The third-order valence-corrected chi connectivity index (χ3v) is 3.43. The number of para-hydroxylation sites is 1. The van der Waals surface area contributed by atoms with Crippen molar-refractivity contribution in [1.29, 1.82) is 0 Å². The summed E-state index contributed by atoms with van der Waals surface area (Å²) in [5, 5.41) is 24.3. The Balaban J connectivity index is 2.52. The van der Waals surface area contributed by atoms with E-state index < -0.39 is 40.4 Å². The van der Waals surface area contributed by atoms with Gasteiger partial charge < -0.3 is 5.11 Å². The molecule has 0 aliphatic carbocycles. The molecule has 1 aliphatic heterocycles. The maximum absolute atomic E-state index is 13.2. The molecule has 124 valence electrons. The van der Waals surface area contributed by atoms with Gasteiger partial charge in [-0.25, -0.2) is 0 Å². The van der Waals surface area contributed by atoms with Crippen molar-refractivity contribution in [3.05, 3.63) is 39.9 Å². The van der Waals surface area contributed by atoms with Crippen LogP contribution in [0, 0.1) is 10.1 Å². The molecule has 1 aromatic rings. The normalized spacial score (nSPS) is 21.3. The molecule has 23 heavy (non-hydrogen) atoms. The molecule has 1 aromatic carbocycles. The number of halogens is 3. The van der Waals surface area contributed by atoms with Gasteiger partial charge in [0.1, 0.15) is 5.56 Å². The van der Waals surface area contributed by atoms with E-state index in [9.17, 15) is 33.2 Å². The molecule has 1 N–H and O–H groups in total. The first kappa shape index (κ1) is 16.9. The first-order chi connectivity index (χ1) is 10.6. The molecule has 0 saturated carbocycles. The molecular weight excluding hydrogens is 319 g/mol. The molecule has 0 fully saturated rings. The molecule has 1 aliphatic rings. The number of nitro benzene ring substituents is 1. The zero-order chi connectivity index (χ0) is 17.4. The molecule has 10 heteroatoms. The van der Waals surface area contributed by atoms with Crippen LogP contribution in [0.5, 0.6) is 0 Å². The molecule has 0 radical (unpaired) electrons. The highest BCUT2D eigenvalue weighted by molar-refractivity contribution is 6.01. The molecular formula is C13H12F3N3O4. The van der Waals surface area contributed by atoms with Crippen molar-refractivity contribution in [2.45, 2.75) is 31.7 Å². The maximum atomic E-state index is 13.2. The van der Waals surface area contributed by atoms with Crippen LogP contribution >= 0.6 is 0 Å². The van der Waals surface area contributed by atoms with Gasteiger partial charge in [-0.2, -0.15) is 23.3 Å². The lowest BCUT2D eigenvalue weighted by molar-refractivity contribution is -0.385. The van der Waals surface area contributed by atoms with Gasteiger partial charge in [-0.1, -0.05) is 19.1 Å². The summed E-state index contributed by atoms with van der Waals surface area (Å²) >= 11 is 0. The third kappa shape index (κ3) is 2.77. The fourth-order valence-electron chi connectivity index (χ4n) is 2.18. The molecule has 0 saturated heterocycles.